The van der Waals surface area contributed by atoms with Gasteiger partial charge >= 0.3 is 12.1 Å². The van der Waals surface area contributed by atoms with Crippen molar-refractivity contribution in [3.8, 4) is 11.1 Å². The normalized spacial score (nSPS) is 16.5. The van der Waals surface area contributed by atoms with Gasteiger partial charge in [0.1, 0.15) is 19.2 Å². The SMILES string of the molecule is O=C(Nc1cnn(CC(=O)N2CCC2C(=O)O)c1)OCC1c2ccccc2-c2ccccc21. The maximum Gasteiger partial charge on any atom is 0.411 e. The number of carbonyl (C=O) groups is 3. The highest BCUT2D eigenvalue weighted by Crippen LogP contribution is 2.44. The molecular formula is C24H22N4O5. The van der Waals surface area contributed by atoms with Crippen molar-refractivity contribution in [1.29, 1.82) is 0 Å². The van der Waals surface area contributed by atoms with E-state index in [1.54, 1.807) is 0 Å². The number of aliphatic carboxylic acids is 1. The number of nitrogens with zero attached hydrogens (tertiary/aromatic N) is 3. The van der Waals surface area contributed by atoms with Crippen LogP contribution >= 0.6 is 0 Å². The highest BCUT2D eigenvalue weighted by Gasteiger charge is 2.37. The summed E-state index contributed by atoms with van der Waals surface area (Å²) in [5.74, 6) is -1.38. The smallest absolute Gasteiger partial charge is 0.411 e. The number of anilines is 1. The van der Waals surface area contributed by atoms with Crippen molar-refractivity contribution in [3.05, 3.63) is 72.1 Å². The summed E-state index contributed by atoms with van der Waals surface area (Å²) < 4.78 is 6.87. The largest absolute Gasteiger partial charge is 0.480 e. The van der Waals surface area contributed by atoms with Crippen molar-refractivity contribution in [2.45, 2.75) is 24.9 Å². The van der Waals surface area contributed by atoms with Gasteiger partial charge in [0.15, 0.2) is 0 Å². The van der Waals surface area contributed by atoms with Gasteiger partial charge in [-0.25, -0.2) is 9.59 Å². The first-order valence-electron chi connectivity index (χ1n) is 10.7. The number of carboxylic acids is 1. The van der Waals surface area contributed by atoms with Crippen LogP contribution in [-0.2, 0) is 20.9 Å². The first kappa shape index (κ1) is 20.7. The Hall–Kier alpha value is -4.14. The van der Waals surface area contributed by atoms with E-state index in [1.165, 1.54) is 22.0 Å². The summed E-state index contributed by atoms with van der Waals surface area (Å²) in [4.78, 5) is 37.1. The van der Waals surface area contributed by atoms with E-state index in [4.69, 9.17) is 9.84 Å². The lowest BCUT2D eigenvalue weighted by Gasteiger charge is -2.37. The van der Waals surface area contributed by atoms with Gasteiger partial charge in [0.05, 0.1) is 11.9 Å². The molecule has 5 rings (SSSR count). The number of ether oxygens (including phenoxy) is 1. The van der Waals surface area contributed by atoms with Crippen LogP contribution < -0.4 is 5.32 Å². The molecule has 1 aliphatic heterocycles. The fraction of sp³-hybridized carbons (Fsp3) is 0.250. The molecule has 1 atom stereocenters. The lowest BCUT2D eigenvalue weighted by molar-refractivity contribution is -0.157. The number of fused-ring (bicyclic) bond motifs is 3. The van der Waals surface area contributed by atoms with Crippen LogP contribution in [0.2, 0.25) is 0 Å². The molecule has 168 valence electrons. The summed E-state index contributed by atoms with van der Waals surface area (Å²) >= 11 is 0. The van der Waals surface area contributed by atoms with Crippen LogP contribution in [0.5, 0.6) is 0 Å². The number of rotatable bonds is 6. The Morgan fingerprint density at radius 2 is 1.73 bits per heavy atom. The predicted octanol–water partition coefficient (Wildman–Crippen LogP) is 2.93. The molecule has 2 N–H and O–H groups in total. The summed E-state index contributed by atoms with van der Waals surface area (Å²) in [6.45, 7) is 0.510. The zero-order valence-electron chi connectivity index (χ0n) is 17.7. The maximum atomic E-state index is 12.4. The molecule has 0 radical (unpaired) electrons. The van der Waals surface area contributed by atoms with Crippen molar-refractivity contribution in [1.82, 2.24) is 14.7 Å². The molecule has 1 saturated heterocycles. The minimum Gasteiger partial charge on any atom is -0.480 e. The molecule has 33 heavy (non-hydrogen) atoms. The van der Waals surface area contributed by atoms with Gasteiger partial charge in [0.2, 0.25) is 5.91 Å². The summed E-state index contributed by atoms with van der Waals surface area (Å²) in [6.07, 6.45) is 2.76. The molecule has 1 aliphatic carbocycles. The van der Waals surface area contributed by atoms with Gasteiger partial charge in [-0.05, 0) is 28.7 Å². The summed E-state index contributed by atoms with van der Waals surface area (Å²) in [6, 6.07) is 15.4. The van der Waals surface area contributed by atoms with E-state index < -0.39 is 18.1 Å². The molecule has 2 aliphatic rings. The molecule has 9 nitrogen and oxygen atoms in total. The van der Waals surface area contributed by atoms with Gasteiger partial charge in [0.25, 0.3) is 0 Å². The van der Waals surface area contributed by atoms with Gasteiger partial charge < -0.3 is 14.7 Å². The zero-order chi connectivity index (χ0) is 22.9. The van der Waals surface area contributed by atoms with Crippen LogP contribution in [0.15, 0.2) is 60.9 Å². The van der Waals surface area contributed by atoms with Crippen molar-refractivity contribution >= 4 is 23.7 Å². The summed E-state index contributed by atoms with van der Waals surface area (Å²) in [5.41, 5.74) is 4.95. The Labute approximate surface area is 189 Å². The topological polar surface area (TPSA) is 114 Å². The fourth-order valence-corrected chi connectivity index (χ4v) is 4.44. The highest BCUT2D eigenvalue weighted by molar-refractivity contribution is 5.86. The molecule has 2 aromatic carbocycles. The molecule has 1 aromatic heterocycles. The van der Waals surface area contributed by atoms with Crippen molar-refractivity contribution in [2.24, 2.45) is 0 Å². The van der Waals surface area contributed by atoms with Crippen LogP contribution in [0.3, 0.4) is 0 Å². The molecule has 2 heterocycles. The van der Waals surface area contributed by atoms with Gasteiger partial charge in [-0.3, -0.25) is 14.8 Å². The molecule has 1 unspecified atom stereocenters. The Kier molecular flexibility index (Phi) is 5.29. The average Bonchev–Trinajstić information content (AvgIpc) is 3.33. The maximum absolute atomic E-state index is 12.4. The number of amides is 2. The minimum atomic E-state index is -1.01. The second-order valence-electron chi connectivity index (χ2n) is 8.11. The van der Waals surface area contributed by atoms with Crippen LogP contribution in [0.25, 0.3) is 11.1 Å². The van der Waals surface area contributed by atoms with E-state index >= 15 is 0 Å². The number of aromatic nitrogens is 2. The van der Waals surface area contributed by atoms with Gasteiger partial charge in [0, 0.05) is 18.7 Å². The van der Waals surface area contributed by atoms with E-state index in [0.717, 1.165) is 22.3 Å². The quantitative estimate of drug-likeness (QED) is 0.602. The van der Waals surface area contributed by atoms with E-state index in [9.17, 15) is 14.4 Å². The number of carbonyl (C=O) groups excluding carboxylic acids is 2. The van der Waals surface area contributed by atoms with E-state index in [-0.39, 0.29) is 25.0 Å². The lowest BCUT2D eigenvalue weighted by Crippen LogP contribution is -2.56. The Bertz CT molecular complexity index is 1190. The molecule has 0 spiro atoms. The van der Waals surface area contributed by atoms with Crippen molar-refractivity contribution < 1.29 is 24.2 Å². The molecule has 1 fully saturated rings. The second kappa shape index (κ2) is 8.42. The third-order valence-electron chi connectivity index (χ3n) is 6.15. The monoisotopic (exact) mass is 446 g/mol. The number of benzene rings is 2. The van der Waals surface area contributed by atoms with Crippen LogP contribution in [0, 0.1) is 0 Å². The standard InChI is InChI=1S/C24H22N4O5/c29-22(28-10-9-21(28)23(30)31)13-27-12-15(11-25-27)26-24(32)33-14-20-18-7-3-1-5-16(18)17-6-2-4-8-19(17)20/h1-8,11-12,20-21H,9-10,13-14H2,(H,26,32)(H,30,31). The Morgan fingerprint density at radius 3 is 2.33 bits per heavy atom. The summed E-state index contributed by atoms with van der Waals surface area (Å²) in [7, 11) is 0. The van der Waals surface area contributed by atoms with Crippen LogP contribution in [-0.4, -0.2) is 57.0 Å². The second-order valence-corrected chi connectivity index (χ2v) is 8.11. The molecule has 2 amide bonds. The van der Waals surface area contributed by atoms with Crippen LogP contribution in [0.1, 0.15) is 23.5 Å². The van der Waals surface area contributed by atoms with Gasteiger partial charge in [-0.2, -0.15) is 5.10 Å². The number of hydrogen-bond donors (Lipinski definition) is 2. The van der Waals surface area contributed by atoms with Crippen molar-refractivity contribution in [3.63, 3.8) is 0 Å². The van der Waals surface area contributed by atoms with E-state index in [1.807, 2.05) is 24.3 Å². The fourth-order valence-electron chi connectivity index (χ4n) is 4.44. The minimum absolute atomic E-state index is 0.0396. The molecule has 0 saturated carbocycles. The third-order valence-corrected chi connectivity index (χ3v) is 6.15. The number of likely N-dealkylation sites (tertiary alicyclic amines) is 1. The molecule has 0 bridgehead atoms. The predicted molar refractivity (Wildman–Crippen MR) is 119 cm³/mol. The molecule has 9 heteroatoms. The number of carboxylic acid groups (broad SMARTS) is 1. The van der Waals surface area contributed by atoms with Gasteiger partial charge in [-0.15, -0.1) is 0 Å². The van der Waals surface area contributed by atoms with Crippen molar-refractivity contribution in [2.75, 3.05) is 18.5 Å². The number of nitrogens with one attached hydrogen (secondary N) is 1. The molecular weight excluding hydrogens is 424 g/mol. The Morgan fingerprint density at radius 1 is 1.06 bits per heavy atom. The number of hydrogen-bond acceptors (Lipinski definition) is 5. The zero-order valence-corrected chi connectivity index (χ0v) is 17.7. The molecule has 3 aromatic rings. The summed E-state index contributed by atoms with van der Waals surface area (Å²) in [5, 5.41) is 15.8. The average molecular weight is 446 g/mol. The third kappa shape index (κ3) is 3.93. The highest BCUT2D eigenvalue weighted by atomic mass is 16.5. The van der Waals surface area contributed by atoms with Crippen LogP contribution in [0.4, 0.5) is 10.5 Å². The van der Waals surface area contributed by atoms with E-state index in [0.29, 0.717) is 18.7 Å². The van der Waals surface area contributed by atoms with Gasteiger partial charge in [-0.1, -0.05) is 48.5 Å². The van der Waals surface area contributed by atoms with E-state index in [2.05, 4.69) is 34.7 Å². The first-order valence-corrected chi connectivity index (χ1v) is 10.7. The first-order chi connectivity index (χ1) is 16.0. The Balaban J connectivity index is 1.18. The lowest BCUT2D eigenvalue weighted by atomic mass is 9.98.